The number of hydrogen-bond acceptors (Lipinski definition) is 3. The Labute approximate surface area is 160 Å². The number of halogens is 1. The third-order valence-electron chi connectivity index (χ3n) is 5.08. The lowest BCUT2D eigenvalue weighted by atomic mass is 10.0. The van der Waals surface area contributed by atoms with Gasteiger partial charge in [0.05, 0.1) is 5.69 Å². The van der Waals surface area contributed by atoms with Gasteiger partial charge in [-0.1, -0.05) is 13.0 Å². The van der Waals surface area contributed by atoms with Crippen molar-refractivity contribution in [3.8, 4) is 0 Å². The summed E-state index contributed by atoms with van der Waals surface area (Å²) < 4.78 is 14.8. The Balaban J connectivity index is 2.30. The second-order valence-corrected chi connectivity index (χ2v) is 8.22. The van der Waals surface area contributed by atoms with Crippen LogP contribution >= 0.6 is 0 Å². The summed E-state index contributed by atoms with van der Waals surface area (Å²) in [6.45, 7) is 7.58. The number of anilines is 1. The van der Waals surface area contributed by atoms with Crippen molar-refractivity contribution in [3.63, 3.8) is 0 Å². The van der Waals surface area contributed by atoms with E-state index >= 15 is 0 Å². The predicted octanol–water partition coefficient (Wildman–Crippen LogP) is 3.72. The van der Waals surface area contributed by atoms with Gasteiger partial charge in [-0.2, -0.15) is 0 Å². The summed E-state index contributed by atoms with van der Waals surface area (Å²) in [6.07, 6.45) is 0.0458. The molecule has 1 aromatic rings. The van der Waals surface area contributed by atoms with E-state index in [2.05, 4.69) is 0 Å². The monoisotopic (exact) mass is 379 g/mol. The maximum atomic E-state index is 14.8. The SMILES string of the molecule is CCC(c1ccc(N2CC[C@H](N(C(=O)O)C(C)(C)C)C2=O)c(F)c1)N(C)C. The number of amides is 2. The molecule has 1 heterocycles. The Kier molecular flexibility index (Phi) is 6.14. The maximum absolute atomic E-state index is 14.8. The molecule has 2 atom stereocenters. The highest BCUT2D eigenvalue weighted by Gasteiger charge is 2.44. The van der Waals surface area contributed by atoms with Crippen LogP contribution in [0.5, 0.6) is 0 Å². The third-order valence-corrected chi connectivity index (χ3v) is 5.08. The molecule has 150 valence electrons. The number of benzene rings is 1. The van der Waals surface area contributed by atoms with Gasteiger partial charge in [0.2, 0.25) is 5.91 Å². The highest BCUT2D eigenvalue weighted by molar-refractivity contribution is 6.01. The second-order valence-electron chi connectivity index (χ2n) is 8.22. The van der Waals surface area contributed by atoms with Crippen LogP contribution < -0.4 is 4.90 Å². The fourth-order valence-electron chi connectivity index (χ4n) is 3.88. The molecule has 27 heavy (non-hydrogen) atoms. The Bertz CT molecular complexity index is 715. The van der Waals surface area contributed by atoms with E-state index in [-0.39, 0.29) is 17.6 Å². The van der Waals surface area contributed by atoms with E-state index in [4.69, 9.17) is 0 Å². The molecule has 1 aromatic carbocycles. The molecule has 1 saturated heterocycles. The molecule has 0 aromatic heterocycles. The summed E-state index contributed by atoms with van der Waals surface area (Å²) in [5.74, 6) is -0.835. The largest absolute Gasteiger partial charge is 0.465 e. The van der Waals surface area contributed by atoms with Crippen LogP contribution in [0.15, 0.2) is 18.2 Å². The number of nitrogens with zero attached hydrogens (tertiary/aromatic N) is 3. The fourth-order valence-corrected chi connectivity index (χ4v) is 3.88. The Morgan fingerprint density at radius 2 is 2.00 bits per heavy atom. The summed E-state index contributed by atoms with van der Waals surface area (Å²) in [5.41, 5.74) is 0.345. The van der Waals surface area contributed by atoms with Crippen molar-refractivity contribution in [1.82, 2.24) is 9.80 Å². The lowest BCUT2D eigenvalue weighted by Crippen LogP contribution is -2.54. The van der Waals surface area contributed by atoms with Gasteiger partial charge < -0.3 is 14.9 Å². The molecular formula is C20H30FN3O3. The van der Waals surface area contributed by atoms with Crippen molar-refractivity contribution < 1.29 is 19.1 Å². The molecule has 7 heteroatoms. The Hall–Kier alpha value is -2.15. The van der Waals surface area contributed by atoms with Gasteiger partial charge in [-0.15, -0.1) is 0 Å². The van der Waals surface area contributed by atoms with Crippen LogP contribution in [0, 0.1) is 5.82 Å². The van der Waals surface area contributed by atoms with E-state index in [1.165, 1.54) is 15.9 Å². The Morgan fingerprint density at radius 3 is 2.44 bits per heavy atom. The first-order valence-electron chi connectivity index (χ1n) is 9.28. The van der Waals surface area contributed by atoms with Gasteiger partial charge in [0, 0.05) is 18.1 Å². The van der Waals surface area contributed by atoms with Crippen LogP contribution in [-0.2, 0) is 4.79 Å². The minimum absolute atomic E-state index is 0.0963. The summed E-state index contributed by atoms with van der Waals surface area (Å²) >= 11 is 0. The summed E-state index contributed by atoms with van der Waals surface area (Å²) in [5, 5.41) is 9.55. The lowest BCUT2D eigenvalue weighted by Gasteiger charge is -2.36. The standard InChI is InChI=1S/C20H30FN3O3/c1-7-15(22(5)6)13-8-9-16(14(21)12-13)23-11-10-17(18(23)25)24(19(26)27)20(2,3)4/h8-9,12,15,17H,7,10-11H2,1-6H3,(H,26,27)/t15?,17-/m0/s1. The molecule has 1 aliphatic heterocycles. The summed E-state index contributed by atoms with van der Waals surface area (Å²) in [6, 6.07) is 4.24. The molecule has 0 saturated carbocycles. The van der Waals surface area contributed by atoms with E-state index in [1.807, 2.05) is 32.0 Å². The highest BCUT2D eigenvalue weighted by Crippen LogP contribution is 2.32. The number of carbonyl (C=O) groups is 2. The number of carbonyl (C=O) groups excluding carboxylic acids is 1. The van der Waals surface area contributed by atoms with Gasteiger partial charge >= 0.3 is 6.09 Å². The van der Waals surface area contributed by atoms with Crippen LogP contribution in [-0.4, -0.2) is 59.1 Å². The minimum atomic E-state index is -1.14. The average Bonchev–Trinajstić information content (AvgIpc) is 2.88. The van der Waals surface area contributed by atoms with E-state index < -0.39 is 23.5 Å². The first-order valence-corrected chi connectivity index (χ1v) is 9.28. The molecule has 0 radical (unpaired) electrons. The molecule has 0 aliphatic carbocycles. The van der Waals surface area contributed by atoms with Crippen molar-refractivity contribution in [2.75, 3.05) is 25.5 Å². The maximum Gasteiger partial charge on any atom is 0.408 e. The average molecular weight is 379 g/mol. The molecule has 2 amide bonds. The van der Waals surface area contributed by atoms with Gasteiger partial charge in [-0.05, 0) is 65.4 Å². The molecule has 0 bridgehead atoms. The van der Waals surface area contributed by atoms with E-state index in [9.17, 15) is 19.1 Å². The molecule has 2 rings (SSSR count). The zero-order valence-electron chi connectivity index (χ0n) is 17.0. The zero-order chi connectivity index (χ0) is 20.5. The lowest BCUT2D eigenvalue weighted by molar-refractivity contribution is -0.122. The van der Waals surface area contributed by atoms with Crippen LogP contribution in [0.2, 0.25) is 0 Å². The van der Waals surface area contributed by atoms with Crippen LogP contribution in [0.1, 0.15) is 52.1 Å². The van der Waals surface area contributed by atoms with Crippen molar-refractivity contribution in [3.05, 3.63) is 29.6 Å². The first kappa shape index (κ1) is 21.2. The Morgan fingerprint density at radius 1 is 1.37 bits per heavy atom. The van der Waals surface area contributed by atoms with Gasteiger partial charge in [0.25, 0.3) is 0 Å². The van der Waals surface area contributed by atoms with Crippen molar-refractivity contribution in [2.45, 2.75) is 58.2 Å². The number of carboxylic acid groups (broad SMARTS) is 1. The molecule has 1 fully saturated rings. The molecule has 6 nitrogen and oxygen atoms in total. The fraction of sp³-hybridized carbons (Fsp3) is 0.600. The van der Waals surface area contributed by atoms with E-state index in [1.54, 1.807) is 26.8 Å². The molecule has 1 aliphatic rings. The van der Waals surface area contributed by atoms with Crippen molar-refractivity contribution in [1.29, 1.82) is 0 Å². The molecule has 0 spiro atoms. The number of hydrogen-bond donors (Lipinski definition) is 1. The predicted molar refractivity (Wildman–Crippen MR) is 103 cm³/mol. The van der Waals surface area contributed by atoms with Crippen LogP contribution in [0.4, 0.5) is 14.9 Å². The quantitative estimate of drug-likeness (QED) is 0.847. The third kappa shape index (κ3) is 4.24. The second kappa shape index (κ2) is 7.84. The van der Waals surface area contributed by atoms with Gasteiger partial charge in [0.1, 0.15) is 11.9 Å². The highest BCUT2D eigenvalue weighted by atomic mass is 19.1. The summed E-state index contributed by atoms with van der Waals surface area (Å²) in [4.78, 5) is 29.1. The van der Waals surface area contributed by atoms with Crippen molar-refractivity contribution >= 4 is 17.7 Å². The minimum Gasteiger partial charge on any atom is -0.465 e. The summed E-state index contributed by atoms with van der Waals surface area (Å²) in [7, 11) is 3.89. The van der Waals surface area contributed by atoms with E-state index in [0.717, 1.165) is 12.0 Å². The topological polar surface area (TPSA) is 64.1 Å². The molecular weight excluding hydrogens is 349 g/mol. The zero-order valence-corrected chi connectivity index (χ0v) is 17.0. The number of rotatable bonds is 5. The van der Waals surface area contributed by atoms with Crippen LogP contribution in [0.25, 0.3) is 0 Å². The molecule has 1 unspecified atom stereocenters. The van der Waals surface area contributed by atoms with Gasteiger partial charge in [0.15, 0.2) is 0 Å². The van der Waals surface area contributed by atoms with Crippen LogP contribution in [0.3, 0.4) is 0 Å². The van der Waals surface area contributed by atoms with Gasteiger partial charge in [-0.25, -0.2) is 9.18 Å². The van der Waals surface area contributed by atoms with Crippen molar-refractivity contribution in [2.24, 2.45) is 0 Å². The van der Waals surface area contributed by atoms with E-state index in [0.29, 0.717) is 13.0 Å². The first-order chi connectivity index (χ1) is 12.5. The normalized spacial score (nSPS) is 18.9. The van der Waals surface area contributed by atoms with Gasteiger partial charge in [-0.3, -0.25) is 9.69 Å². The smallest absolute Gasteiger partial charge is 0.408 e. The molecule has 1 N–H and O–H groups in total.